The summed E-state index contributed by atoms with van der Waals surface area (Å²) in [7, 11) is 0. The van der Waals surface area contributed by atoms with E-state index in [2.05, 4.69) is 27.7 Å². The first-order valence-electron chi connectivity index (χ1n) is 15.1. The van der Waals surface area contributed by atoms with Crippen molar-refractivity contribution in [1.29, 1.82) is 0 Å². The molecule has 36 heavy (non-hydrogen) atoms. The molecular formula is C32H54O4. The van der Waals surface area contributed by atoms with E-state index in [4.69, 9.17) is 0 Å². The molecule has 0 amide bonds. The van der Waals surface area contributed by atoms with Crippen LogP contribution in [-0.2, 0) is 25.7 Å². The van der Waals surface area contributed by atoms with Gasteiger partial charge in [0.25, 0.3) is 0 Å². The molecule has 0 saturated carbocycles. The highest BCUT2D eigenvalue weighted by atomic mass is 16.4. The average molecular weight is 503 g/mol. The van der Waals surface area contributed by atoms with Crippen molar-refractivity contribution in [2.45, 2.75) is 156 Å². The Balaban J connectivity index is 3.70. The molecular weight excluding hydrogens is 448 g/mol. The Bertz CT molecular complexity index is 730. The van der Waals surface area contributed by atoms with Gasteiger partial charge in [-0.3, -0.25) is 0 Å². The number of rotatable bonds is 22. The molecule has 0 atom stereocenters. The number of aromatic carboxylic acids is 2. The van der Waals surface area contributed by atoms with Crippen LogP contribution < -0.4 is 0 Å². The fraction of sp³-hybridized carbons (Fsp3) is 0.750. The molecule has 1 aromatic carbocycles. The normalized spacial score (nSPS) is 11.2. The maximum Gasteiger partial charge on any atom is 0.336 e. The lowest BCUT2D eigenvalue weighted by Gasteiger charge is -2.24. The minimum absolute atomic E-state index is 0.322. The van der Waals surface area contributed by atoms with Crippen LogP contribution in [0.5, 0.6) is 0 Å². The zero-order valence-electron chi connectivity index (χ0n) is 23.9. The van der Waals surface area contributed by atoms with E-state index < -0.39 is 11.9 Å². The average Bonchev–Trinajstić information content (AvgIpc) is 2.85. The minimum Gasteiger partial charge on any atom is -0.478 e. The Kier molecular flexibility index (Phi) is 17.3. The van der Waals surface area contributed by atoms with E-state index in [9.17, 15) is 19.8 Å². The molecule has 0 spiro atoms. The zero-order chi connectivity index (χ0) is 26.8. The molecule has 4 heteroatoms. The number of benzene rings is 1. The van der Waals surface area contributed by atoms with Gasteiger partial charge < -0.3 is 10.2 Å². The molecule has 0 unspecified atom stereocenters. The lowest BCUT2D eigenvalue weighted by Crippen LogP contribution is -2.20. The fourth-order valence-corrected chi connectivity index (χ4v) is 5.51. The number of carboxylic acids is 2. The van der Waals surface area contributed by atoms with E-state index in [0.717, 1.165) is 139 Å². The summed E-state index contributed by atoms with van der Waals surface area (Å²) in [5, 5.41) is 20.9. The summed E-state index contributed by atoms with van der Waals surface area (Å²) in [5.41, 5.74) is 4.21. The maximum atomic E-state index is 12.7. The molecule has 1 rings (SSSR count). The van der Waals surface area contributed by atoms with Crippen molar-refractivity contribution in [2.75, 3.05) is 0 Å². The van der Waals surface area contributed by atoms with Gasteiger partial charge in [0, 0.05) is 0 Å². The Morgan fingerprint density at radius 2 is 0.694 bits per heavy atom. The van der Waals surface area contributed by atoms with Gasteiger partial charge in [0.1, 0.15) is 0 Å². The van der Waals surface area contributed by atoms with E-state index in [0.29, 0.717) is 23.1 Å². The van der Waals surface area contributed by atoms with Crippen LogP contribution in [0, 0.1) is 0 Å². The van der Waals surface area contributed by atoms with E-state index >= 15 is 0 Å². The van der Waals surface area contributed by atoms with Crippen molar-refractivity contribution < 1.29 is 19.8 Å². The number of hydrogen-bond acceptors (Lipinski definition) is 2. The summed E-state index contributed by atoms with van der Waals surface area (Å²) in [5.74, 6) is -1.89. The van der Waals surface area contributed by atoms with E-state index in [-0.39, 0.29) is 0 Å². The zero-order valence-corrected chi connectivity index (χ0v) is 23.9. The molecule has 0 aromatic heterocycles. The van der Waals surface area contributed by atoms with Gasteiger partial charge in [0.15, 0.2) is 0 Å². The molecule has 2 N–H and O–H groups in total. The van der Waals surface area contributed by atoms with Crippen LogP contribution in [0.15, 0.2) is 0 Å². The molecule has 0 aliphatic rings. The second-order valence-electron chi connectivity index (χ2n) is 10.5. The standard InChI is InChI=1S/C32H54O4/c1-5-9-13-17-21-25-26(22-18-14-10-6-2)29(31(33)34)28(24-20-16-12-8-4)30(32(35)36)27(25)23-19-15-11-7-3/h5-24H2,1-4H3,(H,33,34)(H,35,36). The number of carboxylic acid groups (broad SMARTS) is 2. The van der Waals surface area contributed by atoms with Gasteiger partial charge >= 0.3 is 11.9 Å². The molecule has 4 nitrogen and oxygen atoms in total. The van der Waals surface area contributed by atoms with Crippen molar-refractivity contribution in [3.8, 4) is 0 Å². The van der Waals surface area contributed by atoms with Gasteiger partial charge in [0.2, 0.25) is 0 Å². The predicted molar refractivity (Wildman–Crippen MR) is 152 cm³/mol. The fourth-order valence-electron chi connectivity index (χ4n) is 5.51. The van der Waals surface area contributed by atoms with E-state index in [1.54, 1.807) is 0 Å². The Labute approximate surface area is 221 Å². The van der Waals surface area contributed by atoms with Crippen LogP contribution in [0.1, 0.15) is 173 Å². The van der Waals surface area contributed by atoms with E-state index in [1.165, 1.54) is 0 Å². The summed E-state index contributed by atoms with van der Waals surface area (Å²) >= 11 is 0. The highest BCUT2D eigenvalue weighted by Crippen LogP contribution is 2.34. The van der Waals surface area contributed by atoms with Crippen LogP contribution in [0.4, 0.5) is 0 Å². The maximum absolute atomic E-state index is 12.7. The first-order valence-corrected chi connectivity index (χ1v) is 15.1. The lowest BCUT2D eigenvalue weighted by molar-refractivity contribution is 0.0693. The molecule has 0 aliphatic carbocycles. The molecule has 0 saturated heterocycles. The van der Waals surface area contributed by atoms with Gasteiger partial charge in [0.05, 0.1) is 11.1 Å². The Morgan fingerprint density at radius 1 is 0.417 bits per heavy atom. The molecule has 0 bridgehead atoms. The van der Waals surface area contributed by atoms with Crippen molar-refractivity contribution in [2.24, 2.45) is 0 Å². The number of hydrogen-bond donors (Lipinski definition) is 2. The summed E-state index contributed by atoms with van der Waals surface area (Å²) < 4.78 is 0. The number of unbranched alkanes of at least 4 members (excludes halogenated alkanes) is 12. The second-order valence-corrected chi connectivity index (χ2v) is 10.5. The van der Waals surface area contributed by atoms with E-state index in [1.807, 2.05) is 0 Å². The quantitative estimate of drug-likeness (QED) is 0.155. The van der Waals surface area contributed by atoms with Crippen LogP contribution in [0.2, 0.25) is 0 Å². The first-order chi connectivity index (χ1) is 17.4. The van der Waals surface area contributed by atoms with Gasteiger partial charge in [-0.2, -0.15) is 0 Å². The molecule has 0 aliphatic heterocycles. The van der Waals surface area contributed by atoms with Gasteiger partial charge in [-0.1, -0.05) is 105 Å². The summed E-state index contributed by atoms with van der Waals surface area (Å²) in [4.78, 5) is 25.5. The largest absolute Gasteiger partial charge is 0.478 e. The topological polar surface area (TPSA) is 74.6 Å². The smallest absolute Gasteiger partial charge is 0.336 e. The third-order valence-electron chi connectivity index (χ3n) is 7.48. The molecule has 0 heterocycles. The minimum atomic E-state index is -0.944. The summed E-state index contributed by atoms with van der Waals surface area (Å²) in [6.45, 7) is 8.72. The van der Waals surface area contributed by atoms with Crippen LogP contribution >= 0.6 is 0 Å². The Morgan fingerprint density at radius 3 is 0.972 bits per heavy atom. The molecule has 1 aromatic rings. The highest BCUT2D eigenvalue weighted by Gasteiger charge is 2.29. The van der Waals surface area contributed by atoms with Crippen LogP contribution in [0.25, 0.3) is 0 Å². The third kappa shape index (κ3) is 10.6. The van der Waals surface area contributed by atoms with Crippen molar-refractivity contribution >= 4 is 11.9 Å². The van der Waals surface area contributed by atoms with Crippen LogP contribution in [-0.4, -0.2) is 22.2 Å². The molecule has 0 radical (unpaired) electrons. The molecule has 206 valence electrons. The third-order valence-corrected chi connectivity index (χ3v) is 7.48. The van der Waals surface area contributed by atoms with Crippen molar-refractivity contribution in [3.63, 3.8) is 0 Å². The lowest BCUT2D eigenvalue weighted by atomic mass is 9.79. The Hall–Kier alpha value is -1.84. The van der Waals surface area contributed by atoms with Gasteiger partial charge in [-0.25, -0.2) is 9.59 Å². The summed E-state index contributed by atoms with van der Waals surface area (Å²) in [6.07, 6.45) is 19.9. The highest BCUT2D eigenvalue weighted by molar-refractivity contribution is 5.99. The van der Waals surface area contributed by atoms with Crippen LogP contribution in [0.3, 0.4) is 0 Å². The summed E-state index contributed by atoms with van der Waals surface area (Å²) in [6, 6.07) is 0. The number of carbonyl (C=O) groups is 2. The van der Waals surface area contributed by atoms with Crippen molar-refractivity contribution in [3.05, 3.63) is 33.4 Å². The van der Waals surface area contributed by atoms with Crippen molar-refractivity contribution in [1.82, 2.24) is 0 Å². The predicted octanol–water partition coefficient (Wildman–Crippen LogP) is 9.57. The SMILES string of the molecule is CCCCCCc1c(CCCCCC)c(C(=O)O)c(CCCCCC)c(C(=O)O)c1CCCCCC. The monoisotopic (exact) mass is 502 g/mol. The second kappa shape index (κ2) is 19.3. The first kappa shape index (κ1) is 32.2. The molecule has 0 fully saturated rings. The van der Waals surface area contributed by atoms with Gasteiger partial charge in [-0.15, -0.1) is 0 Å². The van der Waals surface area contributed by atoms with Gasteiger partial charge in [-0.05, 0) is 73.6 Å².